The average Bonchev–Trinajstić information content (AvgIpc) is 2.16. The van der Waals surface area contributed by atoms with Crippen LogP contribution in [0.4, 0.5) is 0 Å². The zero-order valence-corrected chi connectivity index (χ0v) is 15.1. The Hall–Kier alpha value is -0.261. The van der Waals surface area contributed by atoms with Crippen LogP contribution in [-0.4, -0.2) is 29.6 Å². The molecule has 0 atom stereocenters. The minimum atomic E-state index is -3.68. The Kier molecular flexibility index (Phi) is 4.49. The first-order chi connectivity index (χ1) is 7.69. The second-order valence-corrected chi connectivity index (χ2v) is 21.8. The summed E-state index contributed by atoms with van der Waals surface area (Å²) in [6, 6.07) is 6.31. The zero-order chi connectivity index (χ0) is 13.3. The Morgan fingerprint density at radius 3 is 2.06 bits per heavy atom. The number of nitrogens with zero attached hydrogens (tertiary/aromatic N) is 2. The van der Waals surface area contributed by atoms with Crippen molar-refractivity contribution in [1.82, 2.24) is 2.53 Å². The number of rotatable bonds is 3. The first-order valence-electron chi connectivity index (χ1n) is 4.90. The van der Waals surface area contributed by atoms with E-state index in [4.69, 9.17) is 5.26 Å². The third-order valence-electron chi connectivity index (χ3n) is 2.05. The summed E-state index contributed by atoms with van der Waals surface area (Å²) in [6.07, 6.45) is 1.82. The van der Waals surface area contributed by atoms with Crippen molar-refractivity contribution in [3.8, 4) is 6.19 Å². The summed E-state index contributed by atoms with van der Waals surface area (Å²) in [5, 5.41) is 9.05. The van der Waals surface area contributed by atoms with E-state index in [9.17, 15) is 8.42 Å². The van der Waals surface area contributed by atoms with Gasteiger partial charge in [0, 0.05) is 0 Å². The Morgan fingerprint density at radius 1 is 1.24 bits per heavy atom. The van der Waals surface area contributed by atoms with Crippen LogP contribution < -0.4 is 0 Å². The Bertz CT molecular complexity index is 543. The predicted molar refractivity (Wildman–Crippen MR) is 72.1 cm³/mol. The summed E-state index contributed by atoms with van der Waals surface area (Å²) >= 11 is 0.248. The predicted octanol–water partition coefficient (Wildman–Crippen LogP) is 2.76. The molecule has 1 aromatic carbocycles. The van der Waals surface area contributed by atoms with E-state index in [2.05, 4.69) is 15.9 Å². The standard InChI is InChI=1S/C7H4BrN2O2S.3CH3.Sn/c8-6-1-3-7(4-2-6)13(11,12)10-5-9;;;;/h1-4H;3*1H3;/q-1;;;;+1. The van der Waals surface area contributed by atoms with Gasteiger partial charge in [-0.1, -0.05) is 0 Å². The van der Waals surface area contributed by atoms with Crippen LogP contribution in [0.3, 0.4) is 0 Å². The Balaban J connectivity index is 3.29. The molecule has 0 spiro atoms. The van der Waals surface area contributed by atoms with Crippen molar-refractivity contribution in [2.75, 3.05) is 0 Å². The van der Waals surface area contributed by atoms with Crippen molar-refractivity contribution in [2.24, 2.45) is 0 Å². The maximum absolute atomic E-state index is 12.3. The monoisotopic (exact) mass is 424 g/mol. The molecule has 4 nitrogen and oxygen atoms in total. The molecule has 17 heavy (non-hydrogen) atoms. The van der Waals surface area contributed by atoms with E-state index in [-0.39, 0.29) is 4.90 Å². The van der Waals surface area contributed by atoms with Gasteiger partial charge in [-0.25, -0.2) is 0 Å². The van der Waals surface area contributed by atoms with Crippen LogP contribution >= 0.6 is 15.9 Å². The molecule has 0 aliphatic rings. The van der Waals surface area contributed by atoms with Crippen LogP contribution in [-0.2, 0) is 10.0 Å². The third kappa shape index (κ3) is 3.36. The normalized spacial score (nSPS) is 11.9. The van der Waals surface area contributed by atoms with Crippen LogP contribution in [0.2, 0.25) is 14.8 Å². The van der Waals surface area contributed by atoms with Crippen LogP contribution in [0.15, 0.2) is 33.6 Å². The molecule has 0 aliphatic carbocycles. The second-order valence-electron chi connectivity index (χ2n) is 4.49. The molecule has 1 aromatic rings. The second kappa shape index (κ2) is 5.16. The van der Waals surface area contributed by atoms with Crippen molar-refractivity contribution in [3.05, 3.63) is 28.7 Å². The summed E-state index contributed by atoms with van der Waals surface area (Å²) in [7, 11) is -3.68. The fourth-order valence-electron chi connectivity index (χ4n) is 1.28. The summed E-state index contributed by atoms with van der Waals surface area (Å²) in [5.41, 5.74) is 0. The van der Waals surface area contributed by atoms with E-state index >= 15 is 0 Å². The summed E-state index contributed by atoms with van der Waals surface area (Å²) < 4.78 is 26.3. The Labute approximate surface area is 115 Å². The molecular formula is C10H13BrN2O2SSn. The number of benzene rings is 1. The van der Waals surface area contributed by atoms with Gasteiger partial charge >= 0.3 is 115 Å². The van der Waals surface area contributed by atoms with Gasteiger partial charge in [-0.15, -0.1) is 0 Å². The summed E-state index contributed by atoms with van der Waals surface area (Å²) in [6.45, 7) is 0. The molecule has 0 heterocycles. The van der Waals surface area contributed by atoms with Crippen LogP contribution in [0.5, 0.6) is 0 Å². The first kappa shape index (κ1) is 14.8. The van der Waals surface area contributed by atoms with Gasteiger partial charge in [0.15, 0.2) is 0 Å². The SMILES string of the molecule is [CH3][Sn]([CH3])([CH3])[N](C#N)S(=O)(=O)c1ccc(Br)cc1. The van der Waals surface area contributed by atoms with E-state index in [1.807, 2.05) is 21.0 Å². The molecule has 0 saturated heterocycles. The number of halogens is 1. The quantitative estimate of drug-likeness (QED) is 0.426. The van der Waals surface area contributed by atoms with Crippen molar-refractivity contribution in [3.63, 3.8) is 0 Å². The van der Waals surface area contributed by atoms with Crippen molar-refractivity contribution >= 4 is 44.6 Å². The molecule has 0 amide bonds. The molecule has 1 rings (SSSR count). The van der Waals surface area contributed by atoms with Gasteiger partial charge in [0.1, 0.15) is 0 Å². The molecule has 0 radical (unpaired) electrons. The fraction of sp³-hybridized carbons (Fsp3) is 0.300. The van der Waals surface area contributed by atoms with Gasteiger partial charge < -0.3 is 0 Å². The molecule has 92 valence electrons. The van der Waals surface area contributed by atoms with E-state index < -0.39 is 28.7 Å². The van der Waals surface area contributed by atoms with Crippen LogP contribution in [0, 0.1) is 11.5 Å². The molecule has 0 aliphatic heterocycles. The average molecular weight is 424 g/mol. The molecule has 7 heteroatoms. The van der Waals surface area contributed by atoms with E-state index in [0.29, 0.717) is 0 Å². The van der Waals surface area contributed by atoms with Gasteiger partial charge in [-0.2, -0.15) is 0 Å². The summed E-state index contributed by atoms with van der Waals surface area (Å²) in [5.74, 6) is 0. The minimum absolute atomic E-state index is 0.161. The number of sulfonamides is 1. The maximum atomic E-state index is 12.3. The van der Waals surface area contributed by atoms with Gasteiger partial charge in [0.2, 0.25) is 0 Å². The third-order valence-corrected chi connectivity index (χ3v) is 13.5. The van der Waals surface area contributed by atoms with Gasteiger partial charge in [0.25, 0.3) is 0 Å². The van der Waals surface area contributed by atoms with Crippen LogP contribution in [0.25, 0.3) is 0 Å². The molecule has 0 bridgehead atoms. The molecule has 0 aromatic heterocycles. The number of hydrogen-bond donors (Lipinski definition) is 0. The van der Waals surface area contributed by atoms with Gasteiger partial charge in [-0.05, 0) is 0 Å². The van der Waals surface area contributed by atoms with E-state index in [0.717, 1.165) is 7.00 Å². The summed E-state index contributed by atoms with van der Waals surface area (Å²) in [4.78, 5) is 5.81. The first-order valence-corrected chi connectivity index (χ1v) is 17.0. The van der Waals surface area contributed by atoms with Gasteiger partial charge in [0.05, 0.1) is 0 Å². The Morgan fingerprint density at radius 2 is 1.71 bits per heavy atom. The molecule has 0 fully saturated rings. The fourth-order valence-corrected chi connectivity index (χ4v) is 11.0. The molecule has 0 saturated carbocycles. The van der Waals surface area contributed by atoms with E-state index in [1.165, 1.54) is 12.1 Å². The van der Waals surface area contributed by atoms with Crippen LogP contribution in [0.1, 0.15) is 0 Å². The van der Waals surface area contributed by atoms with E-state index in [1.54, 1.807) is 12.1 Å². The molecular weight excluding hydrogens is 411 g/mol. The number of nitriles is 1. The topological polar surface area (TPSA) is 61.2 Å². The van der Waals surface area contributed by atoms with Gasteiger partial charge in [-0.3, -0.25) is 0 Å². The van der Waals surface area contributed by atoms with Crippen molar-refractivity contribution < 1.29 is 8.42 Å². The van der Waals surface area contributed by atoms with Crippen molar-refractivity contribution in [1.29, 1.82) is 5.26 Å². The van der Waals surface area contributed by atoms with Crippen molar-refractivity contribution in [2.45, 2.75) is 19.7 Å². The molecule has 0 N–H and O–H groups in total. The molecule has 0 unspecified atom stereocenters. The number of hydrogen-bond acceptors (Lipinski definition) is 3. The zero-order valence-electron chi connectivity index (χ0n) is 9.81.